The number of aromatic nitrogens is 2. The van der Waals surface area contributed by atoms with E-state index in [1.807, 2.05) is 13.0 Å². The van der Waals surface area contributed by atoms with Crippen LogP contribution in [0.2, 0.25) is 0 Å². The zero-order valence-electron chi connectivity index (χ0n) is 12.0. The van der Waals surface area contributed by atoms with E-state index in [0.29, 0.717) is 25.6 Å². The summed E-state index contributed by atoms with van der Waals surface area (Å²) in [4.78, 5) is 11.0. The molecule has 1 unspecified atom stereocenters. The van der Waals surface area contributed by atoms with Gasteiger partial charge in [-0.15, -0.1) is 0 Å². The number of nitrogens with zero attached hydrogens (tertiary/aromatic N) is 3. The van der Waals surface area contributed by atoms with Gasteiger partial charge >= 0.3 is 0 Å². The summed E-state index contributed by atoms with van der Waals surface area (Å²) < 4.78 is 10.6. The van der Waals surface area contributed by atoms with E-state index in [2.05, 4.69) is 20.2 Å². The molecule has 0 spiro atoms. The maximum Gasteiger partial charge on any atom is 0.158 e. The minimum Gasteiger partial charge on any atom is -0.394 e. The minimum absolute atomic E-state index is 0.0204. The first-order chi connectivity index (χ1) is 9.76. The predicted molar refractivity (Wildman–Crippen MR) is 75.9 cm³/mol. The van der Waals surface area contributed by atoms with Gasteiger partial charge in [-0.25, -0.2) is 9.97 Å². The molecule has 2 heterocycles. The lowest BCUT2D eigenvalue weighted by molar-refractivity contribution is 0.00333. The number of hydrogen-bond acceptors (Lipinski definition) is 7. The van der Waals surface area contributed by atoms with E-state index in [1.54, 1.807) is 7.11 Å². The summed E-state index contributed by atoms with van der Waals surface area (Å²) in [5, 5.41) is 12.4. The zero-order chi connectivity index (χ0) is 14.4. The van der Waals surface area contributed by atoms with Crippen molar-refractivity contribution < 1.29 is 14.6 Å². The minimum atomic E-state index is -0.160. The Labute approximate surface area is 118 Å². The summed E-state index contributed by atoms with van der Waals surface area (Å²) in [5.74, 6) is 2.27. The second-order valence-corrected chi connectivity index (χ2v) is 4.61. The van der Waals surface area contributed by atoms with E-state index < -0.39 is 0 Å². The third-order valence-corrected chi connectivity index (χ3v) is 3.06. The van der Waals surface area contributed by atoms with Crippen LogP contribution in [-0.4, -0.2) is 61.1 Å². The average molecular weight is 282 g/mol. The summed E-state index contributed by atoms with van der Waals surface area (Å²) >= 11 is 0. The van der Waals surface area contributed by atoms with Crippen molar-refractivity contribution in [1.82, 2.24) is 9.97 Å². The Kier molecular flexibility index (Phi) is 5.51. The number of methoxy groups -OCH3 is 1. The molecule has 1 aromatic heterocycles. The molecule has 7 nitrogen and oxygen atoms in total. The number of ether oxygens (including phenoxy) is 2. The average Bonchev–Trinajstić information content (AvgIpc) is 2.48. The second-order valence-electron chi connectivity index (χ2n) is 4.61. The van der Waals surface area contributed by atoms with Gasteiger partial charge in [-0.05, 0) is 6.92 Å². The molecule has 20 heavy (non-hydrogen) atoms. The smallest absolute Gasteiger partial charge is 0.158 e. The van der Waals surface area contributed by atoms with Gasteiger partial charge in [0.05, 0.1) is 19.3 Å². The second kappa shape index (κ2) is 7.37. The number of nitrogens with one attached hydrogen (secondary N) is 1. The van der Waals surface area contributed by atoms with Crippen LogP contribution in [0, 0.1) is 0 Å². The molecule has 0 bridgehead atoms. The fourth-order valence-electron chi connectivity index (χ4n) is 2.15. The molecule has 112 valence electrons. The topological polar surface area (TPSA) is 79.7 Å². The highest BCUT2D eigenvalue weighted by atomic mass is 16.5. The number of aliphatic hydroxyl groups excluding tert-OH is 1. The molecule has 0 amide bonds. The molecule has 2 rings (SSSR count). The number of anilines is 2. The monoisotopic (exact) mass is 282 g/mol. The third kappa shape index (κ3) is 3.78. The number of rotatable bonds is 6. The molecule has 2 N–H and O–H groups in total. The highest BCUT2D eigenvalue weighted by molar-refractivity contribution is 5.49. The Morgan fingerprint density at radius 3 is 3.10 bits per heavy atom. The molecule has 0 aromatic carbocycles. The van der Waals surface area contributed by atoms with Crippen LogP contribution >= 0.6 is 0 Å². The van der Waals surface area contributed by atoms with Gasteiger partial charge in [0.1, 0.15) is 18.2 Å². The van der Waals surface area contributed by atoms with Crippen LogP contribution in [0.1, 0.15) is 12.7 Å². The zero-order valence-corrected chi connectivity index (χ0v) is 12.0. The van der Waals surface area contributed by atoms with Gasteiger partial charge in [0.15, 0.2) is 5.82 Å². The van der Waals surface area contributed by atoms with E-state index in [4.69, 9.17) is 9.47 Å². The van der Waals surface area contributed by atoms with Crippen molar-refractivity contribution in [3.8, 4) is 0 Å². The molecule has 1 aromatic rings. The fourth-order valence-corrected chi connectivity index (χ4v) is 2.15. The first kappa shape index (κ1) is 15.0. The first-order valence-electron chi connectivity index (χ1n) is 6.85. The van der Waals surface area contributed by atoms with E-state index in [9.17, 15) is 5.11 Å². The van der Waals surface area contributed by atoms with Crippen LogP contribution in [0.25, 0.3) is 0 Å². The Morgan fingerprint density at radius 2 is 2.40 bits per heavy atom. The van der Waals surface area contributed by atoms with E-state index in [-0.39, 0.29) is 12.7 Å². The summed E-state index contributed by atoms with van der Waals surface area (Å²) in [7, 11) is 1.62. The van der Waals surface area contributed by atoms with Gasteiger partial charge in [0, 0.05) is 32.8 Å². The highest BCUT2D eigenvalue weighted by Crippen LogP contribution is 2.19. The van der Waals surface area contributed by atoms with Crippen molar-refractivity contribution in [3.63, 3.8) is 0 Å². The van der Waals surface area contributed by atoms with Crippen LogP contribution in [0.15, 0.2) is 6.07 Å². The highest BCUT2D eigenvalue weighted by Gasteiger charge is 2.21. The van der Waals surface area contributed by atoms with Crippen molar-refractivity contribution in [2.45, 2.75) is 19.6 Å². The molecule has 0 saturated carbocycles. The number of aliphatic hydroxyl groups is 1. The van der Waals surface area contributed by atoms with Crippen LogP contribution in [-0.2, 0) is 16.1 Å². The maximum absolute atomic E-state index is 9.22. The lowest BCUT2D eigenvalue weighted by Gasteiger charge is -2.33. The summed E-state index contributed by atoms with van der Waals surface area (Å²) in [5.41, 5.74) is 0. The van der Waals surface area contributed by atoms with Gasteiger partial charge in [-0.3, -0.25) is 0 Å². The predicted octanol–water partition coefficient (Wildman–Crippen LogP) is 0.252. The van der Waals surface area contributed by atoms with Gasteiger partial charge in [-0.2, -0.15) is 0 Å². The SMILES string of the molecule is CCNc1cc(N2CCOC(CO)C2)nc(COC)n1. The quantitative estimate of drug-likeness (QED) is 0.774. The summed E-state index contributed by atoms with van der Waals surface area (Å²) in [6.45, 7) is 5.19. The lowest BCUT2D eigenvalue weighted by Crippen LogP contribution is -2.44. The van der Waals surface area contributed by atoms with Gasteiger partial charge < -0.3 is 24.8 Å². The molecule has 1 saturated heterocycles. The maximum atomic E-state index is 9.22. The van der Waals surface area contributed by atoms with Gasteiger partial charge in [0.2, 0.25) is 0 Å². The van der Waals surface area contributed by atoms with Crippen molar-refractivity contribution in [3.05, 3.63) is 11.9 Å². The standard InChI is InChI=1S/C13H22N4O3/c1-3-14-11-6-13(16-12(15-11)9-19-2)17-4-5-20-10(7-17)8-18/h6,10,18H,3-5,7-9H2,1-2H3,(H,14,15,16). The molecule has 7 heteroatoms. The van der Waals surface area contributed by atoms with Crippen LogP contribution < -0.4 is 10.2 Å². The van der Waals surface area contributed by atoms with Crippen LogP contribution in [0.5, 0.6) is 0 Å². The number of hydrogen-bond donors (Lipinski definition) is 2. The van der Waals surface area contributed by atoms with Crippen molar-refractivity contribution in [1.29, 1.82) is 0 Å². The van der Waals surface area contributed by atoms with E-state index >= 15 is 0 Å². The molecule has 0 radical (unpaired) electrons. The van der Waals surface area contributed by atoms with Crippen LogP contribution in [0.3, 0.4) is 0 Å². The Bertz CT molecular complexity index is 406. The van der Waals surface area contributed by atoms with Gasteiger partial charge in [-0.1, -0.05) is 0 Å². The van der Waals surface area contributed by atoms with Crippen molar-refractivity contribution in [2.24, 2.45) is 0 Å². The third-order valence-electron chi connectivity index (χ3n) is 3.06. The molecule has 1 atom stereocenters. The number of morpholine rings is 1. The molecular formula is C13H22N4O3. The molecule has 1 aliphatic rings. The van der Waals surface area contributed by atoms with Crippen molar-refractivity contribution >= 4 is 11.6 Å². The summed E-state index contributed by atoms with van der Waals surface area (Å²) in [6, 6.07) is 1.92. The van der Waals surface area contributed by atoms with E-state index in [1.165, 1.54) is 0 Å². The summed E-state index contributed by atoms with van der Waals surface area (Å²) in [6.07, 6.45) is -0.160. The fraction of sp³-hybridized carbons (Fsp3) is 0.692. The molecule has 1 fully saturated rings. The molecule has 1 aliphatic heterocycles. The Morgan fingerprint density at radius 1 is 1.55 bits per heavy atom. The van der Waals surface area contributed by atoms with E-state index in [0.717, 1.165) is 24.7 Å². The Hall–Kier alpha value is -1.44. The lowest BCUT2D eigenvalue weighted by atomic mass is 10.3. The largest absolute Gasteiger partial charge is 0.394 e. The van der Waals surface area contributed by atoms with Crippen molar-refractivity contribution in [2.75, 3.05) is 50.2 Å². The normalized spacial score (nSPS) is 19.1. The molecule has 0 aliphatic carbocycles. The van der Waals surface area contributed by atoms with Crippen LogP contribution in [0.4, 0.5) is 11.6 Å². The van der Waals surface area contributed by atoms with Gasteiger partial charge in [0.25, 0.3) is 0 Å². The Balaban J connectivity index is 2.19. The first-order valence-corrected chi connectivity index (χ1v) is 6.85. The molecular weight excluding hydrogens is 260 g/mol.